The number of aryl methyl sites for hydroxylation is 1. The van der Waals surface area contributed by atoms with Crippen LogP contribution >= 0.6 is 0 Å². The molecule has 132 valence electrons. The number of sulfone groups is 1. The van der Waals surface area contributed by atoms with Crippen molar-refractivity contribution < 1.29 is 13.2 Å². The summed E-state index contributed by atoms with van der Waals surface area (Å²) < 4.78 is 23.6. The van der Waals surface area contributed by atoms with Crippen LogP contribution in [0.4, 0.5) is 11.4 Å². The van der Waals surface area contributed by atoms with Gasteiger partial charge in [-0.2, -0.15) is 0 Å². The van der Waals surface area contributed by atoms with Gasteiger partial charge < -0.3 is 10.6 Å². The molecule has 1 amide bonds. The van der Waals surface area contributed by atoms with Crippen molar-refractivity contribution in [1.29, 1.82) is 0 Å². The minimum atomic E-state index is -3.39. The maximum atomic E-state index is 12.3. The molecule has 1 aliphatic carbocycles. The summed E-state index contributed by atoms with van der Waals surface area (Å²) in [5.41, 5.74) is 3.94. The lowest BCUT2D eigenvalue weighted by Crippen LogP contribution is -2.23. The fourth-order valence-electron chi connectivity index (χ4n) is 3.21. The fraction of sp³-hybridized carbons (Fsp3) is 0.316. The van der Waals surface area contributed by atoms with Crippen LogP contribution in [0.15, 0.2) is 47.4 Å². The van der Waals surface area contributed by atoms with Crippen LogP contribution in [0.1, 0.15) is 24.0 Å². The molecular weight excluding hydrogens is 336 g/mol. The lowest BCUT2D eigenvalue weighted by molar-refractivity contribution is -0.114. The molecule has 0 spiro atoms. The highest BCUT2D eigenvalue weighted by atomic mass is 32.2. The summed E-state index contributed by atoms with van der Waals surface area (Å²) in [5.74, 6) is -0.274. The number of hydrogen-bond donors (Lipinski definition) is 2. The van der Waals surface area contributed by atoms with Crippen LogP contribution in [-0.4, -0.2) is 27.1 Å². The van der Waals surface area contributed by atoms with Gasteiger partial charge in [-0.1, -0.05) is 24.3 Å². The van der Waals surface area contributed by atoms with Crippen molar-refractivity contribution >= 4 is 27.1 Å². The minimum absolute atomic E-state index is 0.0918. The summed E-state index contributed by atoms with van der Waals surface area (Å²) in [6.07, 6.45) is 5.61. The summed E-state index contributed by atoms with van der Waals surface area (Å²) in [6.45, 7) is 0.0918. The first-order valence-electron chi connectivity index (χ1n) is 8.39. The molecule has 0 radical (unpaired) electrons. The number of benzene rings is 2. The second kappa shape index (κ2) is 7.27. The zero-order valence-corrected chi connectivity index (χ0v) is 15.0. The van der Waals surface area contributed by atoms with E-state index in [0.717, 1.165) is 24.8 Å². The van der Waals surface area contributed by atoms with E-state index in [2.05, 4.69) is 16.7 Å². The zero-order chi connectivity index (χ0) is 17.9. The predicted molar refractivity (Wildman–Crippen MR) is 99.8 cm³/mol. The normalized spacial score (nSPS) is 13.8. The minimum Gasteiger partial charge on any atom is -0.376 e. The SMILES string of the molecule is CS(=O)(=O)c1ccccc1NC(=O)CNc1cccc2c1CCCC2. The number of hydrogen-bond acceptors (Lipinski definition) is 4. The Morgan fingerprint density at radius 1 is 1.00 bits per heavy atom. The second-order valence-electron chi connectivity index (χ2n) is 6.32. The highest BCUT2D eigenvalue weighted by Gasteiger charge is 2.16. The number of carbonyl (C=O) groups is 1. The quantitative estimate of drug-likeness (QED) is 0.861. The Balaban J connectivity index is 1.69. The van der Waals surface area contributed by atoms with Gasteiger partial charge in [-0.15, -0.1) is 0 Å². The summed E-state index contributed by atoms with van der Waals surface area (Å²) in [6, 6.07) is 12.6. The molecule has 5 nitrogen and oxygen atoms in total. The van der Waals surface area contributed by atoms with Crippen molar-refractivity contribution in [3.8, 4) is 0 Å². The lowest BCUT2D eigenvalue weighted by Gasteiger charge is -2.20. The monoisotopic (exact) mass is 358 g/mol. The van der Waals surface area contributed by atoms with Gasteiger partial charge in [0, 0.05) is 11.9 Å². The number of rotatable bonds is 5. The van der Waals surface area contributed by atoms with Crippen LogP contribution < -0.4 is 10.6 Å². The molecule has 0 bridgehead atoms. The Morgan fingerprint density at radius 2 is 1.72 bits per heavy atom. The van der Waals surface area contributed by atoms with Crippen molar-refractivity contribution in [3.63, 3.8) is 0 Å². The Kier molecular flexibility index (Phi) is 5.08. The van der Waals surface area contributed by atoms with Crippen LogP contribution in [0.5, 0.6) is 0 Å². The van der Waals surface area contributed by atoms with Gasteiger partial charge in [0.1, 0.15) is 0 Å². The molecule has 2 aromatic carbocycles. The maximum absolute atomic E-state index is 12.3. The second-order valence-corrected chi connectivity index (χ2v) is 8.30. The molecule has 2 aromatic rings. The average molecular weight is 358 g/mol. The Bertz CT molecular complexity index is 891. The van der Waals surface area contributed by atoms with Crippen LogP contribution in [0, 0.1) is 0 Å². The first-order valence-corrected chi connectivity index (χ1v) is 10.3. The third kappa shape index (κ3) is 4.20. The maximum Gasteiger partial charge on any atom is 0.243 e. The largest absolute Gasteiger partial charge is 0.376 e. The van der Waals surface area contributed by atoms with E-state index in [1.54, 1.807) is 18.2 Å². The predicted octanol–water partition coefficient (Wildman–Crippen LogP) is 3.02. The van der Waals surface area contributed by atoms with Crippen molar-refractivity contribution in [1.82, 2.24) is 0 Å². The molecule has 0 aliphatic heterocycles. The highest BCUT2D eigenvalue weighted by Crippen LogP contribution is 2.27. The van der Waals surface area contributed by atoms with Crippen molar-refractivity contribution in [3.05, 3.63) is 53.6 Å². The van der Waals surface area contributed by atoms with Gasteiger partial charge in [-0.25, -0.2) is 8.42 Å². The summed E-state index contributed by atoms with van der Waals surface area (Å²) in [5, 5.41) is 5.88. The van der Waals surface area contributed by atoms with E-state index < -0.39 is 9.84 Å². The molecule has 6 heteroatoms. The van der Waals surface area contributed by atoms with E-state index in [1.807, 2.05) is 12.1 Å². The van der Waals surface area contributed by atoms with Crippen LogP contribution in [-0.2, 0) is 27.5 Å². The molecule has 0 fully saturated rings. The summed E-state index contributed by atoms with van der Waals surface area (Å²) >= 11 is 0. The van der Waals surface area contributed by atoms with E-state index in [4.69, 9.17) is 0 Å². The van der Waals surface area contributed by atoms with Crippen molar-refractivity contribution in [2.24, 2.45) is 0 Å². The molecule has 0 heterocycles. The Labute approximate surface area is 148 Å². The number of amides is 1. The molecule has 0 saturated heterocycles. The van der Waals surface area contributed by atoms with Crippen molar-refractivity contribution in [2.45, 2.75) is 30.6 Å². The van der Waals surface area contributed by atoms with E-state index in [1.165, 1.54) is 30.0 Å². The molecule has 3 rings (SSSR count). The first-order chi connectivity index (χ1) is 11.9. The topological polar surface area (TPSA) is 75.3 Å². The molecular formula is C19H22N2O3S. The zero-order valence-electron chi connectivity index (χ0n) is 14.2. The van der Waals surface area contributed by atoms with Crippen LogP contribution in [0.3, 0.4) is 0 Å². The fourth-order valence-corrected chi connectivity index (χ4v) is 4.05. The molecule has 25 heavy (non-hydrogen) atoms. The molecule has 0 unspecified atom stereocenters. The summed E-state index contributed by atoms with van der Waals surface area (Å²) in [7, 11) is -3.39. The Morgan fingerprint density at radius 3 is 2.52 bits per heavy atom. The van der Waals surface area contributed by atoms with E-state index in [-0.39, 0.29) is 17.3 Å². The number of fused-ring (bicyclic) bond motifs is 1. The molecule has 0 saturated carbocycles. The lowest BCUT2D eigenvalue weighted by atomic mass is 9.90. The Hall–Kier alpha value is -2.34. The van der Waals surface area contributed by atoms with Gasteiger partial charge in [-0.05, 0) is 55.0 Å². The van der Waals surface area contributed by atoms with Crippen LogP contribution in [0.25, 0.3) is 0 Å². The average Bonchev–Trinajstić information content (AvgIpc) is 2.59. The van der Waals surface area contributed by atoms with Gasteiger partial charge in [0.05, 0.1) is 17.1 Å². The first kappa shape index (κ1) is 17.5. The van der Waals surface area contributed by atoms with Crippen LogP contribution in [0.2, 0.25) is 0 Å². The molecule has 0 aromatic heterocycles. The van der Waals surface area contributed by atoms with E-state index >= 15 is 0 Å². The van der Waals surface area contributed by atoms with Gasteiger partial charge >= 0.3 is 0 Å². The van der Waals surface area contributed by atoms with Gasteiger partial charge in [-0.3, -0.25) is 4.79 Å². The van der Waals surface area contributed by atoms with E-state index in [0.29, 0.717) is 5.69 Å². The van der Waals surface area contributed by atoms with Crippen molar-refractivity contribution in [2.75, 3.05) is 23.4 Å². The van der Waals surface area contributed by atoms with E-state index in [9.17, 15) is 13.2 Å². The van der Waals surface area contributed by atoms with Gasteiger partial charge in [0.15, 0.2) is 9.84 Å². The molecule has 2 N–H and O–H groups in total. The summed E-state index contributed by atoms with van der Waals surface area (Å²) in [4.78, 5) is 12.4. The third-order valence-electron chi connectivity index (χ3n) is 4.40. The smallest absolute Gasteiger partial charge is 0.243 e. The standard InChI is InChI=1S/C19H22N2O3S/c1-25(23,24)18-12-5-4-10-17(18)21-19(22)13-20-16-11-6-8-14-7-2-3-9-15(14)16/h4-6,8,10-12,20H,2-3,7,9,13H2,1H3,(H,21,22). The number of para-hydroxylation sites is 1. The molecule has 0 atom stereocenters. The number of anilines is 2. The third-order valence-corrected chi connectivity index (χ3v) is 5.55. The van der Waals surface area contributed by atoms with Gasteiger partial charge in [0.25, 0.3) is 0 Å². The van der Waals surface area contributed by atoms with Gasteiger partial charge in [0.2, 0.25) is 5.91 Å². The number of carbonyl (C=O) groups excluding carboxylic acids is 1. The molecule has 1 aliphatic rings. The number of nitrogens with one attached hydrogen (secondary N) is 2. The highest BCUT2D eigenvalue weighted by molar-refractivity contribution is 7.90.